The second-order valence-corrected chi connectivity index (χ2v) is 6.15. The number of aromatic nitrogens is 2. The minimum Gasteiger partial charge on any atom is -0.390 e. The van der Waals surface area contributed by atoms with E-state index in [4.69, 9.17) is 0 Å². The molecule has 1 aromatic heterocycles. The molecule has 5 heteroatoms. The number of halogens is 1. The third kappa shape index (κ3) is 4.89. The van der Waals surface area contributed by atoms with Gasteiger partial charge in [0.2, 0.25) is 0 Å². The molecular weight excluding hydrogens is 306 g/mol. The molecule has 0 aromatic carbocycles. The van der Waals surface area contributed by atoms with Crippen molar-refractivity contribution in [3.8, 4) is 0 Å². The van der Waals surface area contributed by atoms with Crippen molar-refractivity contribution >= 4 is 15.9 Å². The first kappa shape index (κ1) is 16.7. The van der Waals surface area contributed by atoms with Gasteiger partial charge in [-0.05, 0) is 55.2 Å². The maximum atomic E-state index is 10.5. The van der Waals surface area contributed by atoms with Gasteiger partial charge < -0.3 is 10.4 Å². The first-order valence-electron chi connectivity index (χ1n) is 7.04. The van der Waals surface area contributed by atoms with E-state index in [1.807, 2.05) is 18.7 Å². The Kier molecular flexibility index (Phi) is 6.50. The Morgan fingerprint density at radius 2 is 2.05 bits per heavy atom. The number of nitrogens with zero attached hydrogens (tertiary/aromatic N) is 2. The van der Waals surface area contributed by atoms with E-state index in [1.54, 1.807) is 0 Å². The molecular formula is C14H26BrN3O. The number of nitrogens with one attached hydrogen (secondary N) is 1. The Hall–Kier alpha value is -0.390. The van der Waals surface area contributed by atoms with E-state index in [0.29, 0.717) is 6.42 Å². The number of hydrogen-bond acceptors (Lipinski definition) is 3. The minimum atomic E-state index is -0.706. The molecule has 1 aromatic rings. The smallest absolute Gasteiger partial charge is 0.0766 e. The normalized spacial score (nSPS) is 14.6. The highest BCUT2D eigenvalue weighted by Crippen LogP contribution is 2.26. The maximum absolute atomic E-state index is 10.5. The monoisotopic (exact) mass is 331 g/mol. The Bertz CT molecular complexity index is 402. The second kappa shape index (κ2) is 7.41. The van der Waals surface area contributed by atoms with Gasteiger partial charge in [0.15, 0.2) is 0 Å². The average Bonchev–Trinajstić information content (AvgIpc) is 2.62. The summed E-state index contributed by atoms with van der Waals surface area (Å²) in [7, 11) is 1.94. The van der Waals surface area contributed by atoms with Crippen LogP contribution in [-0.4, -0.2) is 33.6 Å². The number of aliphatic hydroxyl groups is 1. The van der Waals surface area contributed by atoms with E-state index in [1.165, 1.54) is 0 Å². The van der Waals surface area contributed by atoms with Crippen LogP contribution >= 0.6 is 15.9 Å². The van der Waals surface area contributed by atoms with Crippen LogP contribution < -0.4 is 5.32 Å². The summed E-state index contributed by atoms with van der Waals surface area (Å²) in [6, 6.07) is 0. The van der Waals surface area contributed by atoms with Gasteiger partial charge in [0.25, 0.3) is 0 Å². The number of aryl methyl sites for hydroxylation is 2. The molecule has 0 saturated heterocycles. The third-order valence-corrected chi connectivity index (χ3v) is 4.23. The lowest BCUT2D eigenvalue weighted by Crippen LogP contribution is -2.33. The van der Waals surface area contributed by atoms with Crippen molar-refractivity contribution in [2.75, 3.05) is 13.1 Å². The predicted molar refractivity (Wildman–Crippen MR) is 82.4 cm³/mol. The molecule has 19 heavy (non-hydrogen) atoms. The molecule has 1 unspecified atom stereocenters. The molecule has 4 nitrogen and oxygen atoms in total. The van der Waals surface area contributed by atoms with Crippen LogP contribution in [0.1, 0.15) is 45.0 Å². The topological polar surface area (TPSA) is 50.1 Å². The summed E-state index contributed by atoms with van der Waals surface area (Å²) < 4.78 is 2.91. The Morgan fingerprint density at radius 3 is 2.58 bits per heavy atom. The van der Waals surface area contributed by atoms with Crippen molar-refractivity contribution in [3.05, 3.63) is 15.9 Å². The third-order valence-electron chi connectivity index (χ3n) is 3.32. The molecule has 0 bridgehead atoms. The highest BCUT2D eigenvalue weighted by atomic mass is 79.9. The van der Waals surface area contributed by atoms with Gasteiger partial charge in [-0.1, -0.05) is 13.8 Å². The standard InChI is InChI=1S/C14H26BrN3O/c1-5-8-16-9-7-14(3,19)10-12-13(15)11(6-2)17-18(12)4/h16,19H,5-10H2,1-4H3. The van der Waals surface area contributed by atoms with Gasteiger partial charge in [-0.2, -0.15) is 5.10 Å². The van der Waals surface area contributed by atoms with E-state index in [9.17, 15) is 5.11 Å². The van der Waals surface area contributed by atoms with E-state index < -0.39 is 5.60 Å². The zero-order valence-corrected chi connectivity index (χ0v) is 14.0. The molecule has 0 fully saturated rings. The quantitative estimate of drug-likeness (QED) is 0.719. The summed E-state index contributed by atoms with van der Waals surface area (Å²) in [5, 5.41) is 18.3. The molecule has 1 heterocycles. The molecule has 0 spiro atoms. The summed E-state index contributed by atoms with van der Waals surface area (Å²) >= 11 is 3.60. The lowest BCUT2D eigenvalue weighted by Gasteiger charge is -2.23. The zero-order valence-electron chi connectivity index (χ0n) is 12.5. The Balaban J connectivity index is 2.64. The molecule has 110 valence electrons. The van der Waals surface area contributed by atoms with Crippen molar-refractivity contribution in [1.82, 2.24) is 15.1 Å². The van der Waals surface area contributed by atoms with Crippen molar-refractivity contribution in [3.63, 3.8) is 0 Å². The van der Waals surface area contributed by atoms with E-state index in [-0.39, 0.29) is 0 Å². The van der Waals surface area contributed by atoms with Gasteiger partial charge in [0.05, 0.1) is 21.5 Å². The van der Waals surface area contributed by atoms with Gasteiger partial charge in [-0.15, -0.1) is 0 Å². The van der Waals surface area contributed by atoms with Gasteiger partial charge in [0.1, 0.15) is 0 Å². The second-order valence-electron chi connectivity index (χ2n) is 5.36. The average molecular weight is 332 g/mol. The zero-order chi connectivity index (χ0) is 14.5. The van der Waals surface area contributed by atoms with Gasteiger partial charge in [-0.25, -0.2) is 0 Å². The Morgan fingerprint density at radius 1 is 1.37 bits per heavy atom. The molecule has 1 rings (SSSR count). The van der Waals surface area contributed by atoms with Crippen molar-refractivity contribution in [1.29, 1.82) is 0 Å². The van der Waals surface area contributed by atoms with Crippen LogP contribution in [0.25, 0.3) is 0 Å². The molecule has 0 radical (unpaired) electrons. The molecule has 0 aliphatic rings. The first-order valence-corrected chi connectivity index (χ1v) is 7.84. The molecule has 0 saturated carbocycles. The van der Waals surface area contributed by atoms with Crippen molar-refractivity contribution < 1.29 is 5.11 Å². The van der Waals surface area contributed by atoms with Gasteiger partial charge in [0, 0.05) is 13.5 Å². The van der Waals surface area contributed by atoms with Crippen LogP contribution in [0.4, 0.5) is 0 Å². The highest BCUT2D eigenvalue weighted by molar-refractivity contribution is 9.10. The molecule has 0 amide bonds. The molecule has 0 aliphatic heterocycles. The van der Waals surface area contributed by atoms with Crippen LogP contribution in [0, 0.1) is 0 Å². The van der Waals surface area contributed by atoms with Crippen LogP contribution in [0.2, 0.25) is 0 Å². The minimum absolute atomic E-state index is 0.616. The summed E-state index contributed by atoms with van der Waals surface area (Å²) in [6.45, 7) is 7.97. The van der Waals surface area contributed by atoms with Crippen LogP contribution in [0.5, 0.6) is 0 Å². The Labute approximate surface area is 124 Å². The van der Waals surface area contributed by atoms with Crippen molar-refractivity contribution in [2.45, 2.75) is 52.1 Å². The maximum Gasteiger partial charge on any atom is 0.0766 e. The summed E-state index contributed by atoms with van der Waals surface area (Å²) in [5.41, 5.74) is 1.41. The molecule has 1 atom stereocenters. The SMILES string of the molecule is CCCNCCC(C)(O)Cc1c(Br)c(CC)nn1C. The molecule has 0 aliphatic carbocycles. The fraction of sp³-hybridized carbons (Fsp3) is 0.786. The number of hydrogen-bond donors (Lipinski definition) is 2. The molecule has 2 N–H and O–H groups in total. The van der Waals surface area contributed by atoms with Crippen LogP contribution in [-0.2, 0) is 19.9 Å². The lowest BCUT2D eigenvalue weighted by molar-refractivity contribution is 0.0495. The lowest BCUT2D eigenvalue weighted by atomic mass is 9.96. The van der Waals surface area contributed by atoms with Crippen molar-refractivity contribution in [2.24, 2.45) is 7.05 Å². The predicted octanol–water partition coefficient (Wildman–Crippen LogP) is 2.43. The van der Waals surface area contributed by atoms with Crippen LogP contribution in [0.15, 0.2) is 4.47 Å². The summed E-state index contributed by atoms with van der Waals surface area (Å²) in [6.07, 6.45) is 3.38. The fourth-order valence-corrected chi connectivity index (χ4v) is 2.88. The first-order chi connectivity index (χ1) is 8.91. The van der Waals surface area contributed by atoms with Gasteiger partial charge in [-0.3, -0.25) is 4.68 Å². The summed E-state index contributed by atoms with van der Waals surface area (Å²) in [5.74, 6) is 0. The van der Waals surface area contributed by atoms with Gasteiger partial charge >= 0.3 is 0 Å². The highest BCUT2D eigenvalue weighted by Gasteiger charge is 2.25. The van der Waals surface area contributed by atoms with E-state index >= 15 is 0 Å². The largest absolute Gasteiger partial charge is 0.390 e. The van der Waals surface area contributed by atoms with Crippen LogP contribution in [0.3, 0.4) is 0 Å². The van der Waals surface area contributed by atoms with E-state index in [2.05, 4.69) is 40.2 Å². The number of rotatable bonds is 8. The fourth-order valence-electron chi connectivity index (χ4n) is 2.12. The van der Waals surface area contributed by atoms with E-state index in [0.717, 1.165) is 48.2 Å². The summed E-state index contributed by atoms with van der Waals surface area (Å²) in [4.78, 5) is 0.